The van der Waals surface area contributed by atoms with Crippen molar-refractivity contribution in [2.45, 2.75) is 22.9 Å². The van der Waals surface area contributed by atoms with E-state index >= 15 is 0 Å². The van der Waals surface area contributed by atoms with E-state index in [0.29, 0.717) is 5.56 Å². The van der Waals surface area contributed by atoms with Crippen LogP contribution < -0.4 is 4.90 Å². The van der Waals surface area contributed by atoms with Crippen molar-refractivity contribution in [2.24, 2.45) is 0 Å². The highest BCUT2D eigenvalue weighted by molar-refractivity contribution is 7.90. The van der Waals surface area contributed by atoms with Gasteiger partial charge in [-0.05, 0) is 48.9 Å². The van der Waals surface area contributed by atoms with Crippen molar-refractivity contribution in [3.05, 3.63) is 90.0 Å². The number of rotatable bonds is 6. The maximum absolute atomic E-state index is 13.6. The molecule has 1 saturated heterocycles. The molecule has 1 aliphatic heterocycles. The first kappa shape index (κ1) is 23.4. The monoisotopic (exact) mass is 485 g/mol. The molecule has 0 bridgehead atoms. The molecule has 0 radical (unpaired) electrons. The minimum absolute atomic E-state index is 0.0579. The van der Waals surface area contributed by atoms with Gasteiger partial charge in [0.15, 0.2) is 0 Å². The predicted octanol–water partition coefficient (Wildman–Crippen LogP) is 3.46. The quantitative estimate of drug-likeness (QED) is 0.534. The molecule has 0 unspecified atom stereocenters. The van der Waals surface area contributed by atoms with Crippen molar-refractivity contribution in [2.75, 3.05) is 32.1 Å². The molecule has 1 fully saturated rings. The van der Waals surface area contributed by atoms with Gasteiger partial charge in [0.2, 0.25) is 20.0 Å². The van der Waals surface area contributed by atoms with Crippen molar-refractivity contribution in [3.63, 3.8) is 0 Å². The summed E-state index contributed by atoms with van der Waals surface area (Å²) in [6.07, 6.45) is -0.988. The van der Waals surface area contributed by atoms with Crippen molar-refractivity contribution in [1.29, 1.82) is 0 Å². The average molecular weight is 486 g/mol. The Bertz CT molecular complexity index is 1320. The number of sulfonamides is 2. The van der Waals surface area contributed by atoms with E-state index in [0.717, 1.165) is 11.3 Å². The number of aryl methyl sites for hydroxylation is 1. The van der Waals surface area contributed by atoms with Gasteiger partial charge in [0.25, 0.3) is 0 Å². The van der Waals surface area contributed by atoms with Crippen molar-refractivity contribution < 1.29 is 16.8 Å². The van der Waals surface area contributed by atoms with Crippen LogP contribution in [0.2, 0.25) is 0 Å². The Labute approximate surface area is 196 Å². The first-order valence-corrected chi connectivity index (χ1v) is 13.4. The summed E-state index contributed by atoms with van der Waals surface area (Å²) >= 11 is 0. The van der Waals surface area contributed by atoms with Gasteiger partial charge < -0.3 is 4.90 Å². The second-order valence-corrected chi connectivity index (χ2v) is 12.0. The van der Waals surface area contributed by atoms with Crippen LogP contribution in [0.4, 0.5) is 5.69 Å². The molecular formula is C24H27N3O4S2. The molecular weight excluding hydrogens is 458 g/mol. The molecule has 7 nitrogen and oxygen atoms in total. The molecule has 3 aromatic carbocycles. The van der Waals surface area contributed by atoms with Gasteiger partial charge in [0, 0.05) is 32.9 Å². The van der Waals surface area contributed by atoms with Crippen LogP contribution >= 0.6 is 0 Å². The Balaban J connectivity index is 1.82. The van der Waals surface area contributed by atoms with E-state index in [2.05, 4.69) is 0 Å². The lowest BCUT2D eigenvalue weighted by molar-refractivity contribution is 0.292. The number of hydrogen-bond acceptors (Lipinski definition) is 5. The van der Waals surface area contributed by atoms with Crippen molar-refractivity contribution in [3.8, 4) is 0 Å². The molecule has 9 heteroatoms. The molecule has 174 valence electrons. The number of benzene rings is 3. The lowest BCUT2D eigenvalue weighted by Gasteiger charge is -2.30. The minimum atomic E-state index is -3.94. The maximum atomic E-state index is 13.6. The van der Waals surface area contributed by atoms with Gasteiger partial charge in [-0.25, -0.2) is 16.8 Å². The van der Waals surface area contributed by atoms with Gasteiger partial charge in [-0.1, -0.05) is 48.0 Å². The summed E-state index contributed by atoms with van der Waals surface area (Å²) in [5.74, 6) is 0. The Morgan fingerprint density at radius 1 is 0.697 bits per heavy atom. The molecule has 3 aromatic rings. The molecule has 0 saturated carbocycles. The summed E-state index contributed by atoms with van der Waals surface area (Å²) in [4.78, 5) is 2.20. The van der Waals surface area contributed by atoms with Gasteiger partial charge in [-0.2, -0.15) is 8.61 Å². The molecule has 4 rings (SSSR count). The highest BCUT2D eigenvalue weighted by Gasteiger charge is 2.46. The topological polar surface area (TPSA) is 78.0 Å². The highest BCUT2D eigenvalue weighted by atomic mass is 32.2. The Morgan fingerprint density at radius 3 is 1.67 bits per heavy atom. The number of hydrogen-bond donors (Lipinski definition) is 0. The third kappa shape index (κ3) is 4.41. The van der Waals surface area contributed by atoms with E-state index < -0.39 is 26.2 Å². The second kappa shape index (κ2) is 8.90. The summed E-state index contributed by atoms with van der Waals surface area (Å²) < 4.78 is 56.9. The van der Waals surface area contributed by atoms with Crippen molar-refractivity contribution in [1.82, 2.24) is 8.61 Å². The standard InChI is InChI=1S/C24H27N3O4S2/c1-19-9-15-23(16-10-19)33(30,31)27-18-17-26(32(28,29)22-7-5-4-6-8-22)24(27)20-11-13-21(14-12-20)25(2)3/h4-16,24H,17-18H2,1-3H3/t24-/m0/s1. The molecule has 0 aromatic heterocycles. The maximum Gasteiger partial charge on any atom is 0.244 e. The van der Waals surface area contributed by atoms with Crippen LogP contribution in [0.15, 0.2) is 88.7 Å². The zero-order valence-corrected chi connectivity index (χ0v) is 20.4. The van der Waals surface area contributed by atoms with E-state index in [1.807, 2.05) is 38.1 Å². The lowest BCUT2D eigenvalue weighted by atomic mass is 10.1. The van der Waals surface area contributed by atoms with Gasteiger partial charge >= 0.3 is 0 Å². The minimum Gasteiger partial charge on any atom is -0.378 e. The summed E-state index contributed by atoms with van der Waals surface area (Å²) in [5.41, 5.74) is 2.47. The molecule has 0 amide bonds. The second-order valence-electron chi connectivity index (χ2n) is 8.22. The molecule has 0 spiro atoms. The van der Waals surface area contributed by atoms with Gasteiger partial charge in [-0.15, -0.1) is 0 Å². The van der Waals surface area contributed by atoms with Crippen LogP contribution in [-0.2, 0) is 20.0 Å². The molecule has 0 aliphatic carbocycles. The number of nitrogens with zero attached hydrogens (tertiary/aromatic N) is 3. The van der Waals surface area contributed by atoms with E-state index in [-0.39, 0.29) is 22.9 Å². The third-order valence-corrected chi connectivity index (χ3v) is 9.51. The van der Waals surface area contributed by atoms with E-state index in [1.165, 1.54) is 20.7 Å². The van der Waals surface area contributed by atoms with Crippen molar-refractivity contribution >= 4 is 25.7 Å². The largest absolute Gasteiger partial charge is 0.378 e. The fourth-order valence-electron chi connectivity index (χ4n) is 3.94. The van der Waals surface area contributed by atoms with Crippen LogP contribution in [0, 0.1) is 6.92 Å². The summed E-state index contributed by atoms with van der Waals surface area (Å²) in [5, 5.41) is 0. The molecule has 1 heterocycles. The van der Waals surface area contributed by atoms with Gasteiger partial charge in [0.05, 0.1) is 9.79 Å². The van der Waals surface area contributed by atoms with Crippen LogP contribution in [0.25, 0.3) is 0 Å². The molecule has 1 atom stereocenters. The molecule has 0 N–H and O–H groups in total. The summed E-state index contributed by atoms with van der Waals surface area (Å²) in [6.45, 7) is 2.00. The normalized spacial score (nSPS) is 17.8. The highest BCUT2D eigenvalue weighted by Crippen LogP contribution is 2.39. The first-order valence-electron chi connectivity index (χ1n) is 10.5. The average Bonchev–Trinajstić information content (AvgIpc) is 3.27. The van der Waals surface area contributed by atoms with Gasteiger partial charge in [-0.3, -0.25) is 0 Å². The van der Waals surface area contributed by atoms with E-state index in [1.54, 1.807) is 54.6 Å². The van der Waals surface area contributed by atoms with Crippen LogP contribution in [0.3, 0.4) is 0 Å². The van der Waals surface area contributed by atoms with Crippen LogP contribution in [-0.4, -0.2) is 52.6 Å². The fraction of sp³-hybridized carbons (Fsp3) is 0.250. The van der Waals surface area contributed by atoms with Crippen LogP contribution in [0.5, 0.6) is 0 Å². The van der Waals surface area contributed by atoms with Crippen LogP contribution in [0.1, 0.15) is 17.3 Å². The predicted molar refractivity (Wildman–Crippen MR) is 129 cm³/mol. The Morgan fingerprint density at radius 2 is 1.18 bits per heavy atom. The fourth-order valence-corrected chi connectivity index (χ4v) is 7.16. The Kier molecular flexibility index (Phi) is 6.32. The smallest absolute Gasteiger partial charge is 0.244 e. The first-order chi connectivity index (χ1) is 15.6. The summed E-state index contributed by atoms with van der Waals surface area (Å²) in [7, 11) is -4.05. The number of anilines is 1. The lowest BCUT2D eigenvalue weighted by Crippen LogP contribution is -2.38. The molecule has 33 heavy (non-hydrogen) atoms. The van der Waals surface area contributed by atoms with E-state index in [9.17, 15) is 16.8 Å². The third-order valence-electron chi connectivity index (χ3n) is 5.77. The Hall–Kier alpha value is -2.72. The molecule has 1 aliphatic rings. The zero-order chi connectivity index (χ0) is 23.8. The zero-order valence-electron chi connectivity index (χ0n) is 18.8. The SMILES string of the molecule is Cc1ccc(S(=O)(=O)N2CCN(S(=O)(=O)c3ccccc3)[C@@H]2c2ccc(N(C)C)cc2)cc1. The summed E-state index contributed by atoms with van der Waals surface area (Å²) in [6, 6.07) is 22.0. The van der Waals surface area contributed by atoms with E-state index in [4.69, 9.17) is 0 Å². The van der Waals surface area contributed by atoms with Gasteiger partial charge in [0.1, 0.15) is 6.17 Å².